The van der Waals surface area contributed by atoms with Gasteiger partial charge >= 0.3 is 5.97 Å². The third-order valence-electron chi connectivity index (χ3n) is 4.41. The molecule has 0 aliphatic rings. The number of hydrogen-bond donors (Lipinski definition) is 3. The maximum Gasteiger partial charge on any atom is 0.302 e. The molecule has 2 aromatic rings. The van der Waals surface area contributed by atoms with Crippen LogP contribution in [0, 0.1) is 5.41 Å². The molecule has 164 valence electrons. The quantitative estimate of drug-likeness (QED) is 0.293. The third kappa shape index (κ3) is 7.26. The summed E-state index contributed by atoms with van der Waals surface area (Å²) in [6, 6.07) is 13.1. The van der Waals surface area contributed by atoms with Gasteiger partial charge in [-0.1, -0.05) is 19.9 Å². The van der Waals surface area contributed by atoms with Crippen LogP contribution in [0.4, 0.5) is 5.69 Å². The Bertz CT molecular complexity index is 851. The summed E-state index contributed by atoms with van der Waals surface area (Å²) in [5, 5.41) is 10.9. The number of anilines is 1. The van der Waals surface area contributed by atoms with Crippen LogP contribution in [-0.4, -0.2) is 24.5 Å². The molecule has 4 N–H and O–H groups in total. The molecule has 0 aliphatic carbocycles. The van der Waals surface area contributed by atoms with E-state index < -0.39 is 0 Å². The van der Waals surface area contributed by atoms with Gasteiger partial charge in [0, 0.05) is 18.2 Å². The van der Waals surface area contributed by atoms with Crippen LogP contribution in [0.15, 0.2) is 42.5 Å². The molecular formula is C23H32ClN3O3. The Hall–Kier alpha value is -2.73. The molecule has 30 heavy (non-hydrogen) atoms. The fraction of sp³-hybridized carbons (Fsp3) is 0.391. The number of ether oxygens (including phenoxy) is 2. The van der Waals surface area contributed by atoms with Gasteiger partial charge in [-0.3, -0.25) is 10.2 Å². The van der Waals surface area contributed by atoms with Crippen molar-refractivity contribution in [2.24, 2.45) is 5.73 Å². The summed E-state index contributed by atoms with van der Waals surface area (Å²) >= 11 is 0. The van der Waals surface area contributed by atoms with Crippen LogP contribution in [0.5, 0.6) is 5.75 Å². The van der Waals surface area contributed by atoms with Gasteiger partial charge in [0.15, 0.2) is 0 Å². The lowest BCUT2D eigenvalue weighted by Crippen LogP contribution is -2.19. The zero-order valence-electron chi connectivity index (χ0n) is 18.2. The first-order valence-electron chi connectivity index (χ1n) is 9.82. The van der Waals surface area contributed by atoms with E-state index in [1.54, 1.807) is 12.1 Å². The maximum atomic E-state index is 11.4. The number of nitrogens with two attached hydrogens (primary N) is 1. The van der Waals surface area contributed by atoms with E-state index in [0.717, 1.165) is 22.6 Å². The molecule has 0 aromatic heterocycles. The van der Waals surface area contributed by atoms with Gasteiger partial charge in [-0.2, -0.15) is 0 Å². The standard InChI is InChI=1S/C23H31N3O3.ClH/c1-14(2)20-12-18(8-11-22(20)29-15(3)4)21(13-28-16(5)27)26-19-9-6-17(7-10-19)23(24)25;/h6-12,14-15,21,26H,13H2,1-5H3,(H3,24,25);1H. The SMILES string of the molecule is CC(=O)OCC(Nc1ccc(C(=N)N)cc1)c1ccc(OC(C)C)c(C(C)C)c1.Cl. The van der Waals surface area contributed by atoms with Gasteiger partial charge in [0.1, 0.15) is 18.2 Å². The number of carbonyl (C=O) groups excluding carboxylic acids is 1. The zero-order chi connectivity index (χ0) is 21.6. The average Bonchev–Trinajstić information content (AvgIpc) is 2.65. The number of halogens is 1. The van der Waals surface area contributed by atoms with Gasteiger partial charge in [-0.05, 0) is 67.3 Å². The number of carbonyl (C=O) groups is 1. The van der Waals surface area contributed by atoms with Crippen LogP contribution < -0.4 is 15.8 Å². The summed E-state index contributed by atoms with van der Waals surface area (Å²) in [6.07, 6.45) is 0.0908. The molecule has 0 fully saturated rings. The van der Waals surface area contributed by atoms with Crippen molar-refractivity contribution in [3.05, 3.63) is 59.2 Å². The third-order valence-corrected chi connectivity index (χ3v) is 4.41. The van der Waals surface area contributed by atoms with Gasteiger partial charge in [0.2, 0.25) is 0 Å². The molecule has 0 saturated carbocycles. The largest absolute Gasteiger partial charge is 0.491 e. The molecule has 0 spiro atoms. The van der Waals surface area contributed by atoms with E-state index in [4.69, 9.17) is 20.6 Å². The summed E-state index contributed by atoms with van der Waals surface area (Å²) in [5.74, 6) is 0.853. The van der Waals surface area contributed by atoms with E-state index in [0.29, 0.717) is 5.56 Å². The predicted octanol–water partition coefficient (Wildman–Crippen LogP) is 5.02. The van der Waals surface area contributed by atoms with E-state index in [2.05, 4.69) is 25.2 Å². The molecule has 0 aliphatic heterocycles. The number of nitrogens with one attached hydrogen (secondary N) is 2. The van der Waals surface area contributed by atoms with Crippen molar-refractivity contribution in [1.29, 1.82) is 5.41 Å². The number of amidine groups is 1. The van der Waals surface area contributed by atoms with Gasteiger partial charge in [-0.15, -0.1) is 12.4 Å². The molecule has 1 unspecified atom stereocenters. The lowest BCUT2D eigenvalue weighted by Gasteiger charge is -2.23. The summed E-state index contributed by atoms with van der Waals surface area (Å²) in [6.45, 7) is 9.87. The Morgan fingerprint density at radius 3 is 2.23 bits per heavy atom. The van der Waals surface area contributed by atoms with Crippen molar-refractivity contribution in [2.75, 3.05) is 11.9 Å². The van der Waals surface area contributed by atoms with E-state index in [9.17, 15) is 4.79 Å². The smallest absolute Gasteiger partial charge is 0.302 e. The highest BCUT2D eigenvalue weighted by atomic mass is 35.5. The highest BCUT2D eigenvalue weighted by molar-refractivity contribution is 5.95. The van der Waals surface area contributed by atoms with Crippen molar-refractivity contribution in [2.45, 2.75) is 52.7 Å². The Morgan fingerprint density at radius 1 is 1.10 bits per heavy atom. The summed E-state index contributed by atoms with van der Waals surface area (Å²) < 4.78 is 11.3. The van der Waals surface area contributed by atoms with E-state index in [-0.39, 0.29) is 48.9 Å². The lowest BCUT2D eigenvalue weighted by atomic mass is 9.96. The fourth-order valence-corrected chi connectivity index (χ4v) is 2.97. The van der Waals surface area contributed by atoms with Crippen LogP contribution in [0.1, 0.15) is 63.3 Å². The normalized spacial score (nSPS) is 11.6. The molecular weight excluding hydrogens is 402 g/mol. The average molecular weight is 434 g/mol. The minimum absolute atomic E-state index is 0. The van der Waals surface area contributed by atoms with Crippen LogP contribution in [0.25, 0.3) is 0 Å². The lowest BCUT2D eigenvalue weighted by molar-refractivity contribution is -0.141. The van der Waals surface area contributed by atoms with Gasteiger partial charge in [0.05, 0.1) is 12.1 Å². The molecule has 0 bridgehead atoms. The van der Waals surface area contributed by atoms with Crippen molar-refractivity contribution in [3.8, 4) is 5.75 Å². The summed E-state index contributed by atoms with van der Waals surface area (Å²) in [4.78, 5) is 11.4. The molecule has 0 saturated heterocycles. The van der Waals surface area contributed by atoms with Gasteiger partial charge < -0.3 is 20.5 Å². The molecule has 0 radical (unpaired) electrons. The number of benzene rings is 2. The molecule has 2 rings (SSSR count). The van der Waals surface area contributed by atoms with Crippen molar-refractivity contribution >= 4 is 29.9 Å². The van der Waals surface area contributed by atoms with Crippen LogP contribution >= 0.6 is 12.4 Å². The molecule has 0 heterocycles. The minimum Gasteiger partial charge on any atom is -0.491 e. The second kappa shape index (κ2) is 11.5. The van der Waals surface area contributed by atoms with Crippen molar-refractivity contribution in [1.82, 2.24) is 0 Å². The predicted molar refractivity (Wildman–Crippen MR) is 124 cm³/mol. The Kier molecular flexibility index (Phi) is 9.66. The van der Waals surface area contributed by atoms with Crippen LogP contribution in [0.2, 0.25) is 0 Å². The van der Waals surface area contributed by atoms with Crippen molar-refractivity contribution in [3.63, 3.8) is 0 Å². The molecule has 0 amide bonds. The first-order chi connectivity index (χ1) is 13.7. The molecule has 6 nitrogen and oxygen atoms in total. The first-order valence-corrected chi connectivity index (χ1v) is 9.82. The number of nitrogen functional groups attached to an aromatic ring is 1. The molecule has 2 aromatic carbocycles. The number of hydrogen-bond acceptors (Lipinski definition) is 5. The zero-order valence-corrected chi connectivity index (χ0v) is 19.0. The second-order valence-electron chi connectivity index (χ2n) is 7.61. The first kappa shape index (κ1) is 25.3. The maximum absolute atomic E-state index is 11.4. The summed E-state index contributed by atoms with van der Waals surface area (Å²) in [7, 11) is 0. The fourth-order valence-electron chi connectivity index (χ4n) is 2.97. The van der Waals surface area contributed by atoms with Gasteiger partial charge in [0.25, 0.3) is 0 Å². The minimum atomic E-state index is -0.326. The Balaban J connectivity index is 0.00000450. The monoisotopic (exact) mass is 433 g/mol. The van der Waals surface area contributed by atoms with Crippen LogP contribution in [0.3, 0.4) is 0 Å². The second-order valence-corrected chi connectivity index (χ2v) is 7.61. The highest BCUT2D eigenvalue weighted by Crippen LogP contribution is 2.31. The van der Waals surface area contributed by atoms with E-state index in [1.165, 1.54) is 6.92 Å². The van der Waals surface area contributed by atoms with E-state index in [1.807, 2.05) is 38.1 Å². The van der Waals surface area contributed by atoms with Crippen molar-refractivity contribution < 1.29 is 14.3 Å². The number of rotatable bonds is 9. The van der Waals surface area contributed by atoms with Gasteiger partial charge in [-0.25, -0.2) is 0 Å². The molecule has 1 atom stereocenters. The summed E-state index contributed by atoms with van der Waals surface area (Å²) in [5.41, 5.74) is 9.14. The Labute approximate surface area is 185 Å². The Morgan fingerprint density at radius 2 is 1.73 bits per heavy atom. The van der Waals surface area contributed by atoms with E-state index >= 15 is 0 Å². The topological polar surface area (TPSA) is 97.4 Å². The molecule has 7 heteroatoms. The number of esters is 1. The van der Waals surface area contributed by atoms with Crippen LogP contribution in [-0.2, 0) is 9.53 Å². The highest BCUT2D eigenvalue weighted by Gasteiger charge is 2.18.